The first kappa shape index (κ1) is 18.2. The van der Waals surface area contributed by atoms with E-state index in [1.54, 1.807) is 20.0 Å². The molecule has 1 aromatic carbocycles. The lowest BCUT2D eigenvalue weighted by Gasteiger charge is -2.30. The zero-order valence-electron chi connectivity index (χ0n) is 15.2. The lowest BCUT2D eigenvalue weighted by atomic mass is 10.00. The predicted molar refractivity (Wildman–Crippen MR) is 98.3 cm³/mol. The Bertz CT molecular complexity index is 729. The molecule has 1 aromatic rings. The standard InChI is InChI=1S/C19H25N3O4/c1-12(18(24)25)10-21(2)19(26)20-15-6-7-16-14(9-15)5-8-17(23)22(16)11-13-3-4-13/h6-7,9,12-13H,3-5,8,10-11H2,1-2H3,(H,20,26)(H,24,25). The molecule has 1 aliphatic heterocycles. The Hall–Kier alpha value is -2.57. The summed E-state index contributed by atoms with van der Waals surface area (Å²) in [6.07, 6.45) is 3.54. The zero-order valence-corrected chi connectivity index (χ0v) is 15.2. The number of fused-ring (bicyclic) bond motifs is 1. The van der Waals surface area contributed by atoms with E-state index in [-0.39, 0.29) is 18.5 Å². The van der Waals surface area contributed by atoms with Crippen molar-refractivity contribution in [1.29, 1.82) is 0 Å². The van der Waals surface area contributed by atoms with E-state index in [0.29, 0.717) is 24.4 Å². The molecule has 2 aliphatic rings. The Labute approximate surface area is 153 Å². The molecule has 0 radical (unpaired) electrons. The second-order valence-electron chi connectivity index (χ2n) is 7.34. The van der Waals surface area contributed by atoms with Gasteiger partial charge in [0.15, 0.2) is 0 Å². The Kier molecular flexibility index (Phi) is 5.15. The van der Waals surface area contributed by atoms with Gasteiger partial charge in [-0.1, -0.05) is 6.92 Å². The van der Waals surface area contributed by atoms with Gasteiger partial charge in [0.2, 0.25) is 5.91 Å². The van der Waals surface area contributed by atoms with Crippen molar-refractivity contribution in [2.45, 2.75) is 32.6 Å². The fraction of sp³-hybridized carbons (Fsp3) is 0.526. The minimum atomic E-state index is -0.932. The smallest absolute Gasteiger partial charge is 0.321 e. The summed E-state index contributed by atoms with van der Waals surface area (Å²) in [6.45, 7) is 2.49. The van der Waals surface area contributed by atoms with Gasteiger partial charge in [-0.2, -0.15) is 0 Å². The minimum Gasteiger partial charge on any atom is -0.481 e. The number of carbonyl (C=O) groups is 3. The van der Waals surface area contributed by atoms with Crippen LogP contribution in [0.3, 0.4) is 0 Å². The van der Waals surface area contributed by atoms with Gasteiger partial charge in [-0.25, -0.2) is 4.79 Å². The fourth-order valence-corrected chi connectivity index (χ4v) is 3.19. The topological polar surface area (TPSA) is 90.0 Å². The predicted octanol–water partition coefficient (Wildman–Crippen LogP) is 2.56. The van der Waals surface area contributed by atoms with Gasteiger partial charge in [0.1, 0.15) is 0 Å². The van der Waals surface area contributed by atoms with E-state index in [1.165, 1.54) is 17.7 Å². The van der Waals surface area contributed by atoms with E-state index >= 15 is 0 Å². The molecule has 0 aromatic heterocycles. The molecule has 7 heteroatoms. The number of aliphatic carboxylic acids is 1. The summed E-state index contributed by atoms with van der Waals surface area (Å²) in [7, 11) is 1.57. The van der Waals surface area contributed by atoms with Crippen molar-refractivity contribution in [3.05, 3.63) is 23.8 Å². The third kappa shape index (κ3) is 4.15. The average Bonchev–Trinajstić information content (AvgIpc) is 3.41. The van der Waals surface area contributed by atoms with E-state index in [9.17, 15) is 14.4 Å². The van der Waals surface area contributed by atoms with Gasteiger partial charge >= 0.3 is 12.0 Å². The van der Waals surface area contributed by atoms with Crippen LogP contribution in [0, 0.1) is 11.8 Å². The van der Waals surface area contributed by atoms with E-state index in [0.717, 1.165) is 17.8 Å². The number of amides is 3. The van der Waals surface area contributed by atoms with Gasteiger partial charge in [0.25, 0.3) is 0 Å². The summed E-state index contributed by atoms with van der Waals surface area (Å²) in [5.74, 6) is -0.770. The highest BCUT2D eigenvalue weighted by molar-refractivity contribution is 5.97. The number of nitrogens with zero attached hydrogens (tertiary/aromatic N) is 2. The number of aryl methyl sites for hydroxylation is 1. The largest absolute Gasteiger partial charge is 0.481 e. The monoisotopic (exact) mass is 359 g/mol. The summed E-state index contributed by atoms with van der Waals surface area (Å²) in [5, 5.41) is 11.8. The molecule has 1 fully saturated rings. The Morgan fingerprint density at radius 3 is 2.73 bits per heavy atom. The third-order valence-corrected chi connectivity index (χ3v) is 4.98. The molecule has 0 saturated heterocycles. The van der Waals surface area contributed by atoms with Crippen LogP contribution in [-0.4, -0.2) is 48.1 Å². The van der Waals surface area contributed by atoms with E-state index in [4.69, 9.17) is 5.11 Å². The molecule has 1 heterocycles. The van der Waals surface area contributed by atoms with Gasteiger partial charge < -0.3 is 20.2 Å². The lowest BCUT2D eigenvalue weighted by Crippen LogP contribution is -2.37. The van der Waals surface area contributed by atoms with Crippen molar-refractivity contribution < 1.29 is 19.5 Å². The molecule has 2 N–H and O–H groups in total. The number of carbonyl (C=O) groups excluding carboxylic acids is 2. The van der Waals surface area contributed by atoms with Crippen LogP contribution in [0.15, 0.2) is 18.2 Å². The first-order valence-electron chi connectivity index (χ1n) is 9.03. The molecule has 3 rings (SSSR count). The highest BCUT2D eigenvalue weighted by atomic mass is 16.4. The maximum absolute atomic E-state index is 12.3. The first-order valence-corrected chi connectivity index (χ1v) is 9.03. The van der Waals surface area contributed by atoms with Crippen molar-refractivity contribution in [3.63, 3.8) is 0 Å². The summed E-state index contributed by atoms with van der Waals surface area (Å²) in [5.41, 5.74) is 2.66. The third-order valence-electron chi connectivity index (χ3n) is 4.98. The van der Waals surface area contributed by atoms with Crippen LogP contribution < -0.4 is 10.2 Å². The van der Waals surface area contributed by atoms with Gasteiger partial charge in [0.05, 0.1) is 5.92 Å². The number of nitrogens with one attached hydrogen (secondary N) is 1. The molecule has 0 spiro atoms. The van der Waals surface area contributed by atoms with E-state index in [1.807, 2.05) is 17.0 Å². The number of anilines is 2. The maximum Gasteiger partial charge on any atom is 0.321 e. The summed E-state index contributed by atoms with van der Waals surface area (Å²) < 4.78 is 0. The number of carboxylic acid groups (broad SMARTS) is 1. The molecule has 1 aliphatic carbocycles. The Morgan fingerprint density at radius 1 is 1.35 bits per heavy atom. The fourth-order valence-electron chi connectivity index (χ4n) is 3.19. The van der Waals surface area contributed by atoms with Crippen molar-refractivity contribution in [3.8, 4) is 0 Å². The zero-order chi connectivity index (χ0) is 18.8. The number of hydrogen-bond acceptors (Lipinski definition) is 3. The molecular weight excluding hydrogens is 334 g/mol. The normalized spacial score (nSPS) is 17.5. The van der Waals surface area contributed by atoms with Crippen LogP contribution >= 0.6 is 0 Å². The summed E-state index contributed by atoms with van der Waals surface area (Å²) in [6, 6.07) is 5.25. The van der Waals surface area contributed by atoms with Crippen molar-refractivity contribution in [2.24, 2.45) is 11.8 Å². The molecule has 26 heavy (non-hydrogen) atoms. The molecular formula is C19H25N3O4. The Morgan fingerprint density at radius 2 is 2.08 bits per heavy atom. The highest BCUT2D eigenvalue weighted by Crippen LogP contribution is 2.36. The quantitative estimate of drug-likeness (QED) is 0.817. The van der Waals surface area contributed by atoms with Gasteiger partial charge in [0, 0.05) is 37.9 Å². The molecule has 1 atom stereocenters. The van der Waals surface area contributed by atoms with Gasteiger partial charge in [-0.3, -0.25) is 9.59 Å². The molecule has 0 bridgehead atoms. The van der Waals surface area contributed by atoms with Crippen LogP contribution in [0.5, 0.6) is 0 Å². The second-order valence-corrected chi connectivity index (χ2v) is 7.34. The van der Waals surface area contributed by atoms with Gasteiger partial charge in [-0.15, -0.1) is 0 Å². The second kappa shape index (κ2) is 7.35. The molecule has 1 saturated carbocycles. The number of hydrogen-bond donors (Lipinski definition) is 2. The number of rotatable bonds is 6. The van der Waals surface area contributed by atoms with Crippen LogP contribution in [0.25, 0.3) is 0 Å². The maximum atomic E-state index is 12.3. The van der Waals surface area contributed by atoms with Crippen molar-refractivity contribution in [2.75, 3.05) is 30.4 Å². The number of benzene rings is 1. The van der Waals surface area contributed by atoms with Crippen molar-refractivity contribution >= 4 is 29.3 Å². The lowest BCUT2D eigenvalue weighted by molar-refractivity contribution is -0.141. The molecule has 1 unspecified atom stereocenters. The van der Waals surface area contributed by atoms with E-state index < -0.39 is 11.9 Å². The number of carboxylic acids is 1. The average molecular weight is 359 g/mol. The molecule has 7 nitrogen and oxygen atoms in total. The Balaban J connectivity index is 1.67. The molecule has 140 valence electrons. The van der Waals surface area contributed by atoms with Crippen LogP contribution in [0.4, 0.5) is 16.2 Å². The van der Waals surface area contributed by atoms with Crippen molar-refractivity contribution in [1.82, 2.24) is 4.90 Å². The van der Waals surface area contributed by atoms with Crippen LogP contribution in [0.2, 0.25) is 0 Å². The SMILES string of the molecule is CC(CN(C)C(=O)Nc1ccc2c(c1)CCC(=O)N2CC1CC1)C(=O)O. The minimum absolute atomic E-state index is 0.135. The van der Waals surface area contributed by atoms with Crippen LogP contribution in [-0.2, 0) is 16.0 Å². The van der Waals surface area contributed by atoms with Gasteiger partial charge in [-0.05, 0) is 48.9 Å². The summed E-state index contributed by atoms with van der Waals surface area (Å²) >= 11 is 0. The van der Waals surface area contributed by atoms with Crippen LogP contribution in [0.1, 0.15) is 31.7 Å². The van der Waals surface area contributed by atoms with E-state index in [2.05, 4.69) is 5.32 Å². The molecule has 3 amide bonds. The summed E-state index contributed by atoms with van der Waals surface area (Å²) in [4.78, 5) is 38.7. The number of urea groups is 1. The first-order chi connectivity index (χ1) is 12.3. The highest BCUT2D eigenvalue weighted by Gasteiger charge is 2.31.